The van der Waals surface area contributed by atoms with Crippen LogP contribution in [0.4, 0.5) is 0 Å². The number of hydrogen-bond acceptors (Lipinski definition) is 1. The second-order valence-electron chi connectivity index (χ2n) is 9.34. The lowest BCUT2D eigenvalue weighted by Gasteiger charge is -2.44. The van der Waals surface area contributed by atoms with Crippen molar-refractivity contribution in [2.75, 3.05) is 13.1 Å². The molecule has 0 aromatic rings. The van der Waals surface area contributed by atoms with Gasteiger partial charge in [-0.25, -0.2) is 0 Å². The summed E-state index contributed by atoms with van der Waals surface area (Å²) in [5.41, 5.74) is 0.355. The fourth-order valence-electron chi connectivity index (χ4n) is 4.84. The van der Waals surface area contributed by atoms with E-state index in [0.717, 1.165) is 5.92 Å². The summed E-state index contributed by atoms with van der Waals surface area (Å²) in [4.78, 5) is 2.71. The van der Waals surface area contributed by atoms with Crippen molar-refractivity contribution in [2.24, 2.45) is 5.92 Å². The highest BCUT2D eigenvalue weighted by molar-refractivity contribution is 4.88. The number of hydrogen-bond donors (Lipinski definition) is 0. The van der Waals surface area contributed by atoms with Crippen molar-refractivity contribution < 1.29 is 0 Å². The maximum Gasteiger partial charge on any atom is 0.0181 e. The van der Waals surface area contributed by atoms with E-state index < -0.39 is 0 Å². The highest BCUT2D eigenvalue weighted by atomic mass is 15.2. The van der Waals surface area contributed by atoms with Gasteiger partial charge in [-0.3, -0.25) is 4.90 Å². The van der Waals surface area contributed by atoms with Crippen LogP contribution in [-0.4, -0.2) is 23.5 Å². The Balaban J connectivity index is 4.31. The Labute approximate surface area is 174 Å². The van der Waals surface area contributed by atoms with Gasteiger partial charge in [0, 0.05) is 5.54 Å². The fraction of sp³-hybridized carbons (Fsp3) is 1.00. The molecule has 0 aromatic carbocycles. The van der Waals surface area contributed by atoms with Gasteiger partial charge in [0.2, 0.25) is 0 Å². The molecule has 0 radical (unpaired) electrons. The minimum atomic E-state index is 0.355. The van der Waals surface area contributed by atoms with Gasteiger partial charge in [0.1, 0.15) is 0 Å². The molecule has 164 valence electrons. The fourth-order valence-corrected chi connectivity index (χ4v) is 4.84. The van der Waals surface area contributed by atoms with Crippen molar-refractivity contribution in [1.29, 1.82) is 0 Å². The molecule has 0 saturated heterocycles. The smallest absolute Gasteiger partial charge is 0.0181 e. The monoisotopic (exact) mass is 381 g/mol. The Morgan fingerprint density at radius 2 is 0.852 bits per heavy atom. The third-order valence-electron chi connectivity index (χ3n) is 6.89. The van der Waals surface area contributed by atoms with Crippen LogP contribution in [0.3, 0.4) is 0 Å². The largest absolute Gasteiger partial charge is 0.298 e. The molecule has 0 rings (SSSR count). The van der Waals surface area contributed by atoms with Crippen LogP contribution < -0.4 is 0 Å². The van der Waals surface area contributed by atoms with E-state index in [4.69, 9.17) is 0 Å². The molecule has 0 N–H and O–H groups in total. The van der Waals surface area contributed by atoms with Gasteiger partial charge >= 0.3 is 0 Å². The van der Waals surface area contributed by atoms with Gasteiger partial charge in [0.15, 0.2) is 0 Å². The van der Waals surface area contributed by atoms with Gasteiger partial charge in [-0.05, 0) is 45.7 Å². The molecular weight excluding hydrogens is 326 g/mol. The van der Waals surface area contributed by atoms with Gasteiger partial charge in [-0.2, -0.15) is 0 Å². The van der Waals surface area contributed by atoms with E-state index in [2.05, 4.69) is 46.4 Å². The summed E-state index contributed by atoms with van der Waals surface area (Å²) >= 11 is 0. The van der Waals surface area contributed by atoms with Crippen molar-refractivity contribution in [1.82, 2.24) is 4.90 Å². The molecule has 0 aliphatic carbocycles. The minimum absolute atomic E-state index is 0.355. The summed E-state index contributed by atoms with van der Waals surface area (Å²) in [6, 6.07) is 0. The first-order chi connectivity index (χ1) is 13.0. The molecule has 1 heteroatoms. The predicted octanol–water partition coefficient (Wildman–Crippen LogP) is 9.00. The molecule has 0 aliphatic heterocycles. The average Bonchev–Trinajstić information content (AvgIpc) is 2.65. The van der Waals surface area contributed by atoms with Crippen LogP contribution in [0.2, 0.25) is 0 Å². The number of nitrogens with zero attached hydrogens (tertiary/aromatic N) is 1. The van der Waals surface area contributed by atoms with Crippen molar-refractivity contribution in [3.63, 3.8) is 0 Å². The molecule has 0 amide bonds. The van der Waals surface area contributed by atoms with Crippen LogP contribution in [0, 0.1) is 5.92 Å². The van der Waals surface area contributed by atoms with Crippen molar-refractivity contribution in [3.05, 3.63) is 0 Å². The van der Waals surface area contributed by atoms with E-state index in [9.17, 15) is 0 Å². The molecule has 1 atom stereocenters. The quantitative estimate of drug-likeness (QED) is 0.190. The Morgan fingerprint density at radius 3 is 1.19 bits per heavy atom. The van der Waals surface area contributed by atoms with Crippen LogP contribution in [0.25, 0.3) is 0 Å². The van der Waals surface area contributed by atoms with E-state index in [0.29, 0.717) is 5.54 Å². The molecule has 0 heterocycles. The Bertz CT molecular complexity index is 293. The third kappa shape index (κ3) is 12.9. The predicted molar refractivity (Wildman–Crippen MR) is 126 cm³/mol. The molecule has 27 heavy (non-hydrogen) atoms. The van der Waals surface area contributed by atoms with Crippen LogP contribution in [0.5, 0.6) is 0 Å². The molecule has 1 unspecified atom stereocenters. The molecule has 0 spiro atoms. The maximum absolute atomic E-state index is 2.71. The van der Waals surface area contributed by atoms with E-state index >= 15 is 0 Å². The van der Waals surface area contributed by atoms with Gasteiger partial charge in [-0.1, -0.05) is 118 Å². The lowest BCUT2D eigenvalue weighted by atomic mass is 9.78. The van der Waals surface area contributed by atoms with Gasteiger partial charge < -0.3 is 0 Å². The SMILES string of the molecule is CCCCCCCCCCC(CCCCCCCC)C(C)(C)N(CC)CC. The topological polar surface area (TPSA) is 3.24 Å². The second-order valence-corrected chi connectivity index (χ2v) is 9.34. The molecular formula is C26H55N. The van der Waals surface area contributed by atoms with Crippen molar-refractivity contribution in [2.45, 2.75) is 150 Å². The summed E-state index contributed by atoms with van der Waals surface area (Å²) in [7, 11) is 0. The summed E-state index contributed by atoms with van der Waals surface area (Å²) in [6.07, 6.45) is 22.9. The van der Waals surface area contributed by atoms with Gasteiger partial charge in [0.25, 0.3) is 0 Å². The molecule has 0 saturated carbocycles. The molecule has 0 bridgehead atoms. The standard InChI is InChI=1S/C26H55N/c1-7-11-13-15-17-18-20-22-24-25(23-21-19-16-14-12-8-2)26(5,6)27(9-3)10-4/h25H,7-24H2,1-6H3. The zero-order valence-electron chi connectivity index (χ0n) is 20.3. The Hall–Kier alpha value is -0.0400. The Kier molecular flexibility index (Phi) is 18.0. The lowest BCUT2D eigenvalue weighted by Crippen LogP contribution is -2.49. The van der Waals surface area contributed by atoms with Crippen LogP contribution in [0.15, 0.2) is 0 Å². The van der Waals surface area contributed by atoms with Gasteiger partial charge in [0.05, 0.1) is 0 Å². The van der Waals surface area contributed by atoms with Gasteiger partial charge in [-0.15, -0.1) is 0 Å². The van der Waals surface area contributed by atoms with Crippen molar-refractivity contribution in [3.8, 4) is 0 Å². The van der Waals surface area contributed by atoms with E-state index in [1.54, 1.807) is 0 Å². The summed E-state index contributed by atoms with van der Waals surface area (Å²) in [5.74, 6) is 0.865. The summed E-state index contributed by atoms with van der Waals surface area (Å²) in [6.45, 7) is 16.7. The minimum Gasteiger partial charge on any atom is -0.298 e. The maximum atomic E-state index is 2.71. The summed E-state index contributed by atoms with van der Waals surface area (Å²) in [5, 5.41) is 0. The first kappa shape index (κ1) is 27.0. The summed E-state index contributed by atoms with van der Waals surface area (Å²) < 4.78 is 0. The highest BCUT2D eigenvalue weighted by Crippen LogP contribution is 2.33. The highest BCUT2D eigenvalue weighted by Gasteiger charge is 2.32. The molecule has 0 fully saturated rings. The van der Waals surface area contributed by atoms with E-state index in [1.165, 1.54) is 116 Å². The molecule has 0 aliphatic rings. The first-order valence-corrected chi connectivity index (χ1v) is 12.8. The van der Waals surface area contributed by atoms with Crippen LogP contribution >= 0.6 is 0 Å². The number of unbranched alkanes of at least 4 members (excludes halogenated alkanes) is 12. The first-order valence-electron chi connectivity index (χ1n) is 12.8. The molecule has 0 aromatic heterocycles. The van der Waals surface area contributed by atoms with E-state index in [1.807, 2.05) is 0 Å². The number of rotatable bonds is 20. The van der Waals surface area contributed by atoms with Crippen molar-refractivity contribution >= 4 is 0 Å². The zero-order chi connectivity index (χ0) is 20.4. The Morgan fingerprint density at radius 1 is 0.519 bits per heavy atom. The molecule has 1 nitrogen and oxygen atoms in total. The van der Waals surface area contributed by atoms with Crippen LogP contribution in [-0.2, 0) is 0 Å². The average molecular weight is 382 g/mol. The normalized spacial score (nSPS) is 13.4. The third-order valence-corrected chi connectivity index (χ3v) is 6.89. The zero-order valence-corrected chi connectivity index (χ0v) is 20.3. The van der Waals surface area contributed by atoms with Crippen LogP contribution in [0.1, 0.15) is 144 Å². The second kappa shape index (κ2) is 18.0. The lowest BCUT2D eigenvalue weighted by molar-refractivity contribution is 0.0602. The van der Waals surface area contributed by atoms with E-state index in [-0.39, 0.29) is 0 Å².